The molecule has 13 heavy (non-hydrogen) atoms. The Morgan fingerprint density at radius 1 is 1.77 bits per heavy atom. The van der Waals surface area contributed by atoms with Crippen LogP contribution in [-0.4, -0.2) is 26.9 Å². The van der Waals surface area contributed by atoms with Crippen LogP contribution in [0.1, 0.15) is 30.8 Å². The highest BCUT2D eigenvalue weighted by Crippen LogP contribution is 2.02. The van der Waals surface area contributed by atoms with E-state index in [-0.39, 0.29) is 5.78 Å². The Hall–Kier alpha value is -1.26. The molecule has 0 saturated carbocycles. The summed E-state index contributed by atoms with van der Waals surface area (Å²) in [5.41, 5.74) is 0.431. The molecule has 1 unspecified atom stereocenters. The number of rotatable bonds is 4. The molecule has 4 nitrogen and oxygen atoms in total. The predicted molar refractivity (Wildman–Crippen MR) is 45.2 cm³/mol. The molecule has 0 saturated heterocycles. The van der Waals surface area contributed by atoms with Crippen LogP contribution >= 0.6 is 0 Å². The van der Waals surface area contributed by atoms with Gasteiger partial charge in [0.2, 0.25) is 0 Å². The Kier molecular flexibility index (Phi) is 3.11. The number of carbonyl (C=O) groups excluding carboxylic acids is 1. The van der Waals surface area contributed by atoms with Gasteiger partial charge in [0.25, 0.3) is 0 Å². The van der Waals surface area contributed by atoms with Gasteiger partial charge in [-0.2, -0.15) is 0 Å². The summed E-state index contributed by atoms with van der Waals surface area (Å²) in [6.45, 7) is 3.31. The first kappa shape index (κ1) is 9.83. The molecule has 0 spiro atoms. The Labute approximate surface area is 75.7 Å². The van der Waals surface area contributed by atoms with Crippen LogP contribution in [0.3, 0.4) is 0 Å². The maximum atomic E-state index is 12.5. The van der Waals surface area contributed by atoms with Gasteiger partial charge in [-0.15, -0.1) is 5.10 Å². The number of nitrogens with zero attached hydrogens (tertiary/aromatic N) is 3. The van der Waals surface area contributed by atoms with E-state index in [9.17, 15) is 9.18 Å². The van der Waals surface area contributed by atoms with Crippen molar-refractivity contribution in [1.82, 2.24) is 15.0 Å². The van der Waals surface area contributed by atoms with Crippen LogP contribution in [0, 0.1) is 0 Å². The number of alkyl halides is 1. The molecule has 72 valence electrons. The van der Waals surface area contributed by atoms with E-state index < -0.39 is 6.17 Å². The van der Waals surface area contributed by atoms with Gasteiger partial charge in [0.05, 0.1) is 12.4 Å². The average Bonchev–Trinajstić information content (AvgIpc) is 2.47. The molecule has 0 fully saturated rings. The normalized spacial score (nSPS) is 12.8. The quantitative estimate of drug-likeness (QED) is 0.663. The van der Waals surface area contributed by atoms with Crippen molar-refractivity contribution >= 4 is 5.78 Å². The van der Waals surface area contributed by atoms with Gasteiger partial charge >= 0.3 is 0 Å². The second-order valence-corrected chi connectivity index (χ2v) is 2.97. The fraction of sp³-hybridized carbons (Fsp3) is 0.625. The van der Waals surface area contributed by atoms with Gasteiger partial charge in [0, 0.05) is 13.5 Å². The van der Waals surface area contributed by atoms with Crippen LogP contribution in [0.5, 0.6) is 0 Å². The fourth-order valence-electron chi connectivity index (χ4n) is 0.996. The van der Waals surface area contributed by atoms with E-state index in [1.807, 2.05) is 0 Å². The largest absolute Gasteiger partial charge is 0.293 e. The second kappa shape index (κ2) is 4.11. The zero-order valence-corrected chi connectivity index (χ0v) is 7.70. The number of hydrogen-bond donors (Lipinski definition) is 0. The van der Waals surface area contributed by atoms with Gasteiger partial charge in [0.15, 0.2) is 5.78 Å². The minimum absolute atomic E-state index is 0.100. The molecule has 5 heteroatoms. The lowest BCUT2D eigenvalue weighted by atomic mass is 10.3. The van der Waals surface area contributed by atoms with Gasteiger partial charge in [-0.3, -0.25) is 4.79 Å². The molecule has 1 aromatic heterocycles. The highest BCUT2D eigenvalue weighted by Gasteiger charge is 2.08. The van der Waals surface area contributed by atoms with E-state index in [0.29, 0.717) is 18.7 Å². The molecule has 0 aliphatic rings. The number of ketones is 1. The summed E-state index contributed by atoms with van der Waals surface area (Å²) in [6.07, 6.45) is 0.860. The van der Waals surface area contributed by atoms with Gasteiger partial charge < -0.3 is 0 Å². The molecular weight excluding hydrogens is 173 g/mol. The summed E-state index contributed by atoms with van der Waals surface area (Å²) in [5.74, 6) is -0.100. The molecule has 0 aliphatic heterocycles. The van der Waals surface area contributed by atoms with Crippen LogP contribution in [0.25, 0.3) is 0 Å². The van der Waals surface area contributed by atoms with Crippen LogP contribution in [-0.2, 0) is 6.54 Å². The first-order valence-electron chi connectivity index (χ1n) is 4.14. The van der Waals surface area contributed by atoms with Crippen molar-refractivity contribution in [2.24, 2.45) is 0 Å². The molecule has 0 bridgehead atoms. The number of halogens is 1. The van der Waals surface area contributed by atoms with Crippen molar-refractivity contribution in [3.63, 3.8) is 0 Å². The molecule has 0 aliphatic carbocycles. The van der Waals surface area contributed by atoms with Crippen molar-refractivity contribution < 1.29 is 9.18 Å². The highest BCUT2D eigenvalue weighted by atomic mass is 19.1. The third kappa shape index (κ3) is 2.61. The highest BCUT2D eigenvalue weighted by molar-refractivity contribution is 5.91. The summed E-state index contributed by atoms with van der Waals surface area (Å²) in [4.78, 5) is 11.0. The number of aromatic nitrogens is 3. The summed E-state index contributed by atoms with van der Waals surface area (Å²) in [6, 6.07) is 0. The molecule has 1 atom stereocenters. The monoisotopic (exact) mass is 185 g/mol. The van der Waals surface area contributed by atoms with E-state index >= 15 is 0 Å². The lowest BCUT2D eigenvalue weighted by Crippen LogP contribution is -2.11. The van der Waals surface area contributed by atoms with Crippen LogP contribution in [0.2, 0.25) is 0 Å². The van der Waals surface area contributed by atoms with Gasteiger partial charge in [-0.05, 0) is 13.3 Å². The fourth-order valence-corrected chi connectivity index (χ4v) is 0.996. The third-order valence-electron chi connectivity index (χ3n) is 1.72. The summed E-state index contributed by atoms with van der Waals surface area (Å²) >= 11 is 0. The maximum absolute atomic E-state index is 12.5. The lowest BCUT2D eigenvalue weighted by molar-refractivity contribution is 0.100. The maximum Gasteiger partial charge on any atom is 0.179 e. The van der Waals surface area contributed by atoms with Crippen molar-refractivity contribution in [3.8, 4) is 0 Å². The van der Waals surface area contributed by atoms with E-state index in [2.05, 4.69) is 10.3 Å². The number of hydrogen-bond acceptors (Lipinski definition) is 3. The van der Waals surface area contributed by atoms with Gasteiger partial charge in [-0.25, -0.2) is 9.07 Å². The second-order valence-electron chi connectivity index (χ2n) is 2.97. The summed E-state index contributed by atoms with van der Waals surface area (Å²) in [5, 5.41) is 7.28. The zero-order valence-electron chi connectivity index (χ0n) is 7.70. The first-order valence-corrected chi connectivity index (χ1v) is 4.14. The molecule has 0 N–H and O–H groups in total. The van der Waals surface area contributed by atoms with Crippen LogP contribution in [0.15, 0.2) is 6.20 Å². The standard InChI is InChI=1S/C8H12FN3O/c1-6(9)3-4-12-8(7(2)13)5-10-11-12/h5-6H,3-4H2,1-2H3. The van der Waals surface area contributed by atoms with Gasteiger partial charge in [-0.1, -0.05) is 5.21 Å². The van der Waals surface area contributed by atoms with Gasteiger partial charge in [0.1, 0.15) is 5.69 Å². The van der Waals surface area contributed by atoms with E-state index in [1.54, 1.807) is 0 Å². The Morgan fingerprint density at radius 2 is 2.46 bits per heavy atom. The van der Waals surface area contributed by atoms with Crippen molar-refractivity contribution in [2.45, 2.75) is 33.0 Å². The molecule has 1 rings (SSSR count). The SMILES string of the molecule is CC(=O)c1cnnn1CCC(C)F. The smallest absolute Gasteiger partial charge is 0.179 e. The minimum Gasteiger partial charge on any atom is -0.293 e. The van der Waals surface area contributed by atoms with E-state index in [1.165, 1.54) is 24.7 Å². The first-order chi connectivity index (χ1) is 6.11. The number of carbonyl (C=O) groups is 1. The van der Waals surface area contributed by atoms with Crippen LogP contribution < -0.4 is 0 Å². The third-order valence-corrected chi connectivity index (χ3v) is 1.72. The lowest BCUT2D eigenvalue weighted by Gasteiger charge is -2.03. The summed E-state index contributed by atoms with van der Waals surface area (Å²) < 4.78 is 13.9. The Bertz CT molecular complexity index is 295. The zero-order chi connectivity index (χ0) is 9.84. The van der Waals surface area contributed by atoms with Crippen molar-refractivity contribution in [2.75, 3.05) is 0 Å². The molecule has 0 amide bonds. The predicted octanol–water partition coefficient (Wildman–Crippen LogP) is 1.23. The number of Topliss-reactive ketones (excluding diaryl/α,β-unsaturated/α-hetero) is 1. The Balaban J connectivity index is 2.65. The van der Waals surface area contributed by atoms with Crippen LogP contribution in [0.4, 0.5) is 4.39 Å². The molecular formula is C8H12FN3O. The summed E-state index contributed by atoms with van der Waals surface area (Å²) in [7, 11) is 0. The Morgan fingerprint density at radius 3 is 3.00 bits per heavy atom. The van der Waals surface area contributed by atoms with E-state index in [0.717, 1.165) is 0 Å². The topological polar surface area (TPSA) is 47.8 Å². The number of aryl methyl sites for hydroxylation is 1. The molecule has 1 heterocycles. The molecule has 0 radical (unpaired) electrons. The minimum atomic E-state index is -0.885. The average molecular weight is 185 g/mol. The molecule has 0 aromatic carbocycles. The molecule has 1 aromatic rings. The van der Waals surface area contributed by atoms with Crippen molar-refractivity contribution in [3.05, 3.63) is 11.9 Å². The van der Waals surface area contributed by atoms with E-state index in [4.69, 9.17) is 0 Å². The van der Waals surface area contributed by atoms with Crippen molar-refractivity contribution in [1.29, 1.82) is 0 Å².